The van der Waals surface area contributed by atoms with Crippen LogP contribution in [0.5, 0.6) is 0 Å². The van der Waals surface area contributed by atoms with Gasteiger partial charge < -0.3 is 10.6 Å². The van der Waals surface area contributed by atoms with Crippen molar-refractivity contribution >= 4 is 17.3 Å². The Morgan fingerprint density at radius 3 is 2.61 bits per heavy atom. The van der Waals surface area contributed by atoms with Crippen LogP contribution in [0.3, 0.4) is 0 Å². The standard InChI is InChI=1S/C13H24N4S/c1-6-17-11(5)12(8-15-17)10(4)16-13(18)14-7-9(2)3/h8-10H,6-7H2,1-5H3,(H2,14,16,18). The molecule has 1 aromatic heterocycles. The quantitative estimate of drug-likeness (QED) is 0.805. The summed E-state index contributed by atoms with van der Waals surface area (Å²) in [6, 6.07) is 0.178. The second-order valence-electron chi connectivity index (χ2n) is 4.97. The summed E-state index contributed by atoms with van der Waals surface area (Å²) in [5.41, 5.74) is 2.40. The Bertz CT molecular complexity index is 398. The van der Waals surface area contributed by atoms with E-state index in [2.05, 4.69) is 50.4 Å². The number of hydrogen-bond donors (Lipinski definition) is 2. The topological polar surface area (TPSA) is 41.9 Å². The Labute approximate surface area is 115 Å². The molecule has 0 amide bonds. The number of aromatic nitrogens is 2. The molecular formula is C13H24N4S. The maximum atomic E-state index is 5.28. The van der Waals surface area contributed by atoms with Crippen LogP contribution in [-0.2, 0) is 6.54 Å². The minimum absolute atomic E-state index is 0.178. The molecule has 1 aromatic rings. The molecule has 0 bridgehead atoms. The fourth-order valence-corrected chi connectivity index (χ4v) is 2.09. The van der Waals surface area contributed by atoms with Crippen molar-refractivity contribution in [2.45, 2.75) is 47.2 Å². The first-order valence-corrected chi connectivity index (χ1v) is 6.93. The van der Waals surface area contributed by atoms with Crippen LogP contribution < -0.4 is 10.6 Å². The third-order valence-electron chi connectivity index (χ3n) is 2.93. The molecule has 0 fully saturated rings. The van der Waals surface area contributed by atoms with E-state index in [-0.39, 0.29) is 6.04 Å². The van der Waals surface area contributed by atoms with Crippen LogP contribution >= 0.6 is 12.2 Å². The number of hydrogen-bond acceptors (Lipinski definition) is 2. The van der Waals surface area contributed by atoms with Crippen LogP contribution in [0.25, 0.3) is 0 Å². The number of nitrogens with one attached hydrogen (secondary N) is 2. The maximum Gasteiger partial charge on any atom is 0.166 e. The summed E-state index contributed by atoms with van der Waals surface area (Å²) in [5, 5.41) is 11.6. The zero-order valence-electron chi connectivity index (χ0n) is 11.9. The molecule has 0 aliphatic rings. The third-order valence-corrected chi connectivity index (χ3v) is 3.19. The molecule has 18 heavy (non-hydrogen) atoms. The highest BCUT2D eigenvalue weighted by atomic mass is 32.1. The van der Waals surface area contributed by atoms with Crippen molar-refractivity contribution in [3.05, 3.63) is 17.5 Å². The maximum absolute atomic E-state index is 5.28. The van der Waals surface area contributed by atoms with E-state index in [1.54, 1.807) is 0 Å². The van der Waals surface area contributed by atoms with E-state index in [0.29, 0.717) is 11.0 Å². The molecule has 0 aliphatic heterocycles. The molecule has 4 nitrogen and oxygen atoms in total. The summed E-state index contributed by atoms with van der Waals surface area (Å²) in [5.74, 6) is 0.588. The first kappa shape index (κ1) is 15.0. The van der Waals surface area contributed by atoms with E-state index in [1.165, 1.54) is 11.3 Å². The van der Waals surface area contributed by atoms with Gasteiger partial charge in [0.1, 0.15) is 0 Å². The number of aryl methyl sites for hydroxylation is 1. The fourth-order valence-electron chi connectivity index (χ4n) is 1.83. The van der Waals surface area contributed by atoms with Gasteiger partial charge in [-0.05, 0) is 38.9 Å². The average molecular weight is 268 g/mol. The molecule has 0 saturated carbocycles. The second kappa shape index (κ2) is 6.73. The lowest BCUT2D eigenvalue weighted by atomic mass is 10.1. The lowest BCUT2D eigenvalue weighted by molar-refractivity contribution is 0.606. The lowest BCUT2D eigenvalue weighted by Gasteiger charge is -2.17. The molecule has 2 N–H and O–H groups in total. The Balaban J connectivity index is 2.56. The van der Waals surface area contributed by atoms with Crippen molar-refractivity contribution in [3.63, 3.8) is 0 Å². The van der Waals surface area contributed by atoms with Crippen LogP contribution in [0.15, 0.2) is 6.20 Å². The zero-order chi connectivity index (χ0) is 13.7. The van der Waals surface area contributed by atoms with Gasteiger partial charge in [0, 0.05) is 24.3 Å². The summed E-state index contributed by atoms with van der Waals surface area (Å²) in [6.45, 7) is 12.4. The summed E-state index contributed by atoms with van der Waals surface area (Å²) in [7, 11) is 0. The molecule has 102 valence electrons. The van der Waals surface area contributed by atoms with Crippen LogP contribution in [0, 0.1) is 12.8 Å². The fraction of sp³-hybridized carbons (Fsp3) is 0.692. The average Bonchev–Trinajstić information content (AvgIpc) is 2.67. The van der Waals surface area contributed by atoms with E-state index in [4.69, 9.17) is 12.2 Å². The zero-order valence-corrected chi connectivity index (χ0v) is 12.8. The highest BCUT2D eigenvalue weighted by Gasteiger charge is 2.13. The Hall–Kier alpha value is -1.10. The molecule has 0 aromatic carbocycles. The minimum Gasteiger partial charge on any atom is -0.362 e. The van der Waals surface area contributed by atoms with Gasteiger partial charge in [-0.25, -0.2) is 0 Å². The molecule has 0 spiro atoms. The van der Waals surface area contributed by atoms with Gasteiger partial charge in [0.05, 0.1) is 12.2 Å². The smallest absolute Gasteiger partial charge is 0.166 e. The van der Waals surface area contributed by atoms with Gasteiger partial charge in [-0.15, -0.1) is 0 Å². The van der Waals surface area contributed by atoms with Gasteiger partial charge in [0.2, 0.25) is 0 Å². The van der Waals surface area contributed by atoms with Gasteiger partial charge in [0.25, 0.3) is 0 Å². The predicted molar refractivity (Wildman–Crippen MR) is 79.6 cm³/mol. The van der Waals surface area contributed by atoms with Crippen molar-refractivity contribution in [2.75, 3.05) is 6.54 Å². The molecule has 0 aliphatic carbocycles. The van der Waals surface area contributed by atoms with Gasteiger partial charge in [-0.1, -0.05) is 13.8 Å². The Morgan fingerprint density at radius 2 is 2.11 bits per heavy atom. The summed E-state index contributed by atoms with van der Waals surface area (Å²) in [4.78, 5) is 0. The molecule has 5 heteroatoms. The molecule has 1 heterocycles. The van der Waals surface area contributed by atoms with Crippen LogP contribution in [-0.4, -0.2) is 21.4 Å². The highest BCUT2D eigenvalue weighted by molar-refractivity contribution is 7.80. The van der Waals surface area contributed by atoms with Crippen molar-refractivity contribution in [1.82, 2.24) is 20.4 Å². The first-order valence-electron chi connectivity index (χ1n) is 6.52. The van der Waals surface area contributed by atoms with Crippen LogP contribution in [0.4, 0.5) is 0 Å². The molecule has 0 saturated heterocycles. The SMILES string of the molecule is CCn1ncc(C(C)NC(=S)NCC(C)C)c1C. The van der Waals surface area contributed by atoms with Gasteiger partial charge in [-0.3, -0.25) is 4.68 Å². The molecule has 1 atom stereocenters. The van der Waals surface area contributed by atoms with E-state index in [9.17, 15) is 0 Å². The molecule has 0 radical (unpaired) electrons. The van der Waals surface area contributed by atoms with Crippen molar-refractivity contribution in [1.29, 1.82) is 0 Å². The monoisotopic (exact) mass is 268 g/mol. The van der Waals surface area contributed by atoms with E-state index >= 15 is 0 Å². The molecule has 1 rings (SSSR count). The van der Waals surface area contributed by atoms with Crippen LogP contribution in [0.2, 0.25) is 0 Å². The summed E-state index contributed by atoms with van der Waals surface area (Å²) >= 11 is 5.28. The lowest BCUT2D eigenvalue weighted by Crippen LogP contribution is -2.38. The second-order valence-corrected chi connectivity index (χ2v) is 5.38. The Morgan fingerprint density at radius 1 is 1.44 bits per heavy atom. The van der Waals surface area contributed by atoms with E-state index in [1.807, 2.05) is 10.9 Å². The van der Waals surface area contributed by atoms with Crippen LogP contribution in [0.1, 0.15) is 45.0 Å². The van der Waals surface area contributed by atoms with Gasteiger partial charge in [0.15, 0.2) is 5.11 Å². The largest absolute Gasteiger partial charge is 0.362 e. The summed E-state index contributed by atoms with van der Waals surface area (Å²) < 4.78 is 2.00. The van der Waals surface area contributed by atoms with Crippen molar-refractivity contribution < 1.29 is 0 Å². The first-order chi connectivity index (χ1) is 8.45. The number of thiocarbonyl (C=S) groups is 1. The van der Waals surface area contributed by atoms with Crippen molar-refractivity contribution in [3.8, 4) is 0 Å². The highest BCUT2D eigenvalue weighted by Crippen LogP contribution is 2.16. The van der Waals surface area contributed by atoms with E-state index < -0.39 is 0 Å². The number of rotatable bonds is 5. The normalized spacial score (nSPS) is 12.6. The van der Waals surface area contributed by atoms with Crippen molar-refractivity contribution in [2.24, 2.45) is 5.92 Å². The minimum atomic E-state index is 0.178. The summed E-state index contributed by atoms with van der Waals surface area (Å²) in [6.07, 6.45) is 1.92. The van der Waals surface area contributed by atoms with E-state index in [0.717, 1.165) is 13.1 Å². The Kier molecular flexibility index (Phi) is 5.59. The predicted octanol–water partition coefficient (Wildman–Crippen LogP) is 2.39. The molecular weight excluding hydrogens is 244 g/mol. The van der Waals surface area contributed by atoms with Gasteiger partial charge in [-0.2, -0.15) is 5.10 Å². The van der Waals surface area contributed by atoms with Gasteiger partial charge >= 0.3 is 0 Å². The molecule has 1 unspecified atom stereocenters. The third kappa shape index (κ3) is 3.98. The number of nitrogens with zero attached hydrogens (tertiary/aromatic N) is 2.